The lowest BCUT2D eigenvalue weighted by atomic mass is 10.1. The molecule has 2 aromatic carbocycles. The maximum absolute atomic E-state index is 12.0. The van der Waals surface area contributed by atoms with Crippen molar-refractivity contribution in [3.63, 3.8) is 0 Å². The van der Waals surface area contributed by atoms with E-state index in [1.54, 1.807) is 24.3 Å². The molecule has 0 aliphatic heterocycles. The SMILES string of the molecule is O=C(NCC(O)c1ccco1)C(=O)Nc1cccc2ccccc12. The van der Waals surface area contributed by atoms with Gasteiger partial charge in [-0.05, 0) is 23.6 Å². The molecule has 6 heteroatoms. The molecule has 1 heterocycles. The highest BCUT2D eigenvalue weighted by atomic mass is 16.4. The number of nitrogens with one attached hydrogen (secondary N) is 2. The number of rotatable bonds is 4. The molecule has 24 heavy (non-hydrogen) atoms. The standard InChI is InChI=1S/C18H16N2O4/c21-15(16-9-4-10-24-16)11-19-17(22)18(23)20-14-8-3-6-12-5-1-2-7-13(12)14/h1-10,15,21H,11H2,(H,19,22)(H,20,23). The molecule has 0 bridgehead atoms. The maximum Gasteiger partial charge on any atom is 0.313 e. The first-order chi connectivity index (χ1) is 11.6. The Morgan fingerprint density at radius 2 is 1.79 bits per heavy atom. The van der Waals surface area contributed by atoms with Crippen molar-refractivity contribution in [1.82, 2.24) is 5.32 Å². The minimum Gasteiger partial charge on any atom is -0.467 e. The van der Waals surface area contributed by atoms with Crippen molar-refractivity contribution in [2.45, 2.75) is 6.10 Å². The van der Waals surface area contributed by atoms with Crippen molar-refractivity contribution in [1.29, 1.82) is 0 Å². The summed E-state index contributed by atoms with van der Waals surface area (Å²) in [6.07, 6.45) is 0.419. The summed E-state index contributed by atoms with van der Waals surface area (Å²) >= 11 is 0. The zero-order valence-corrected chi connectivity index (χ0v) is 12.7. The van der Waals surface area contributed by atoms with Crippen LogP contribution in [-0.2, 0) is 9.59 Å². The first-order valence-corrected chi connectivity index (χ1v) is 7.43. The fraction of sp³-hybridized carbons (Fsp3) is 0.111. The number of aliphatic hydroxyl groups is 1. The Morgan fingerprint density at radius 1 is 1.00 bits per heavy atom. The lowest BCUT2D eigenvalue weighted by Gasteiger charge is -2.11. The lowest BCUT2D eigenvalue weighted by Crippen LogP contribution is -2.37. The summed E-state index contributed by atoms with van der Waals surface area (Å²) in [5.41, 5.74) is 0.555. The van der Waals surface area contributed by atoms with E-state index < -0.39 is 17.9 Å². The van der Waals surface area contributed by atoms with Crippen LogP contribution in [0.1, 0.15) is 11.9 Å². The Morgan fingerprint density at radius 3 is 2.58 bits per heavy atom. The van der Waals surface area contributed by atoms with E-state index in [9.17, 15) is 14.7 Å². The molecule has 3 rings (SSSR count). The number of hydrogen-bond donors (Lipinski definition) is 3. The van der Waals surface area contributed by atoms with Gasteiger partial charge in [-0.1, -0.05) is 36.4 Å². The van der Waals surface area contributed by atoms with Gasteiger partial charge in [0.15, 0.2) is 0 Å². The van der Waals surface area contributed by atoms with Gasteiger partial charge in [0.25, 0.3) is 0 Å². The van der Waals surface area contributed by atoms with Crippen LogP contribution in [0.15, 0.2) is 65.3 Å². The summed E-state index contributed by atoms with van der Waals surface area (Å²) in [7, 11) is 0. The number of benzene rings is 2. The van der Waals surface area contributed by atoms with Gasteiger partial charge in [-0.2, -0.15) is 0 Å². The van der Waals surface area contributed by atoms with Gasteiger partial charge < -0.3 is 20.2 Å². The fourth-order valence-electron chi connectivity index (χ4n) is 2.36. The van der Waals surface area contributed by atoms with Crippen LogP contribution in [0, 0.1) is 0 Å². The van der Waals surface area contributed by atoms with Crippen molar-refractivity contribution in [3.05, 3.63) is 66.6 Å². The Labute approximate surface area is 138 Å². The van der Waals surface area contributed by atoms with E-state index in [4.69, 9.17) is 4.42 Å². The van der Waals surface area contributed by atoms with Crippen LogP contribution in [0.25, 0.3) is 10.8 Å². The second-order valence-corrected chi connectivity index (χ2v) is 5.22. The Hall–Kier alpha value is -3.12. The minimum absolute atomic E-state index is 0.116. The summed E-state index contributed by atoms with van der Waals surface area (Å²) in [4.78, 5) is 23.9. The van der Waals surface area contributed by atoms with E-state index in [0.717, 1.165) is 10.8 Å². The highest BCUT2D eigenvalue weighted by Gasteiger charge is 2.17. The monoisotopic (exact) mass is 324 g/mol. The molecule has 0 spiro atoms. The van der Waals surface area contributed by atoms with E-state index in [0.29, 0.717) is 11.4 Å². The fourth-order valence-corrected chi connectivity index (χ4v) is 2.36. The smallest absolute Gasteiger partial charge is 0.313 e. The van der Waals surface area contributed by atoms with Gasteiger partial charge in [0.1, 0.15) is 11.9 Å². The van der Waals surface area contributed by atoms with Crippen LogP contribution in [-0.4, -0.2) is 23.5 Å². The second-order valence-electron chi connectivity index (χ2n) is 5.22. The summed E-state index contributed by atoms with van der Waals surface area (Å²) in [6.45, 7) is -0.116. The summed E-state index contributed by atoms with van der Waals surface area (Å²) < 4.78 is 5.03. The van der Waals surface area contributed by atoms with Gasteiger partial charge in [0.2, 0.25) is 0 Å². The molecule has 6 nitrogen and oxygen atoms in total. The first-order valence-electron chi connectivity index (χ1n) is 7.43. The van der Waals surface area contributed by atoms with Crippen molar-refractivity contribution in [2.75, 3.05) is 11.9 Å². The number of aliphatic hydroxyl groups excluding tert-OH is 1. The number of carbonyl (C=O) groups excluding carboxylic acids is 2. The summed E-state index contributed by atoms with van der Waals surface area (Å²) in [5, 5.41) is 16.6. The predicted octanol–water partition coefficient (Wildman–Crippen LogP) is 2.22. The average Bonchev–Trinajstić information content (AvgIpc) is 3.14. The molecule has 0 aliphatic rings. The Kier molecular flexibility index (Phi) is 4.58. The maximum atomic E-state index is 12.0. The third kappa shape index (κ3) is 3.44. The van der Waals surface area contributed by atoms with Crippen molar-refractivity contribution in [2.24, 2.45) is 0 Å². The molecule has 122 valence electrons. The van der Waals surface area contributed by atoms with Crippen LogP contribution in [0.2, 0.25) is 0 Å². The Balaban J connectivity index is 1.62. The van der Waals surface area contributed by atoms with Crippen molar-refractivity contribution < 1.29 is 19.1 Å². The molecule has 3 aromatic rings. The van der Waals surface area contributed by atoms with E-state index in [2.05, 4.69) is 10.6 Å². The third-order valence-corrected chi connectivity index (χ3v) is 3.57. The topological polar surface area (TPSA) is 91.6 Å². The highest BCUT2D eigenvalue weighted by Crippen LogP contribution is 2.22. The molecular weight excluding hydrogens is 308 g/mol. The van der Waals surface area contributed by atoms with E-state index in [1.807, 2.05) is 30.3 Å². The molecule has 3 N–H and O–H groups in total. The number of furan rings is 1. The van der Waals surface area contributed by atoms with Gasteiger partial charge in [-0.15, -0.1) is 0 Å². The van der Waals surface area contributed by atoms with Crippen LogP contribution < -0.4 is 10.6 Å². The van der Waals surface area contributed by atoms with Gasteiger partial charge in [0.05, 0.1) is 12.8 Å². The van der Waals surface area contributed by atoms with Crippen LogP contribution >= 0.6 is 0 Å². The molecule has 0 saturated carbocycles. The zero-order valence-electron chi connectivity index (χ0n) is 12.7. The number of carbonyl (C=O) groups is 2. The second kappa shape index (κ2) is 6.97. The molecular formula is C18H16N2O4. The largest absolute Gasteiger partial charge is 0.467 e. The quantitative estimate of drug-likeness (QED) is 0.642. The predicted molar refractivity (Wildman–Crippen MR) is 89.3 cm³/mol. The summed E-state index contributed by atoms with van der Waals surface area (Å²) in [6, 6.07) is 16.2. The molecule has 1 aromatic heterocycles. The van der Waals surface area contributed by atoms with E-state index in [-0.39, 0.29) is 6.54 Å². The molecule has 2 amide bonds. The highest BCUT2D eigenvalue weighted by molar-refractivity contribution is 6.40. The number of hydrogen-bond acceptors (Lipinski definition) is 4. The molecule has 1 unspecified atom stereocenters. The van der Waals surface area contributed by atoms with E-state index in [1.165, 1.54) is 6.26 Å². The molecule has 0 saturated heterocycles. The number of amides is 2. The summed E-state index contributed by atoms with van der Waals surface area (Å²) in [5.74, 6) is -1.30. The first kappa shape index (κ1) is 15.8. The molecule has 0 fully saturated rings. The zero-order chi connectivity index (χ0) is 16.9. The molecule has 0 aliphatic carbocycles. The number of anilines is 1. The van der Waals surface area contributed by atoms with Crippen molar-refractivity contribution in [3.8, 4) is 0 Å². The van der Waals surface area contributed by atoms with Crippen LogP contribution in [0.3, 0.4) is 0 Å². The van der Waals surface area contributed by atoms with Gasteiger partial charge in [0, 0.05) is 11.1 Å². The normalized spacial score (nSPS) is 11.9. The minimum atomic E-state index is -1.01. The van der Waals surface area contributed by atoms with Gasteiger partial charge in [-0.25, -0.2) is 0 Å². The van der Waals surface area contributed by atoms with Crippen molar-refractivity contribution >= 4 is 28.3 Å². The average molecular weight is 324 g/mol. The third-order valence-electron chi connectivity index (χ3n) is 3.57. The van der Waals surface area contributed by atoms with Gasteiger partial charge in [-0.3, -0.25) is 9.59 Å². The number of fused-ring (bicyclic) bond motifs is 1. The lowest BCUT2D eigenvalue weighted by molar-refractivity contribution is -0.136. The van der Waals surface area contributed by atoms with Crippen LogP contribution in [0.5, 0.6) is 0 Å². The van der Waals surface area contributed by atoms with Gasteiger partial charge >= 0.3 is 11.8 Å². The molecule has 1 atom stereocenters. The van der Waals surface area contributed by atoms with Crippen LogP contribution in [0.4, 0.5) is 5.69 Å². The van der Waals surface area contributed by atoms with E-state index >= 15 is 0 Å². The Bertz CT molecular complexity index is 853. The molecule has 0 radical (unpaired) electrons.